The van der Waals surface area contributed by atoms with Crippen LogP contribution in [0.2, 0.25) is 0 Å². The molecule has 0 N–H and O–H groups in total. The lowest BCUT2D eigenvalue weighted by molar-refractivity contribution is 0.224. The fourth-order valence-corrected chi connectivity index (χ4v) is 2.51. The van der Waals surface area contributed by atoms with Crippen molar-refractivity contribution in [3.63, 3.8) is 0 Å². The number of hydrogen-bond donors (Lipinski definition) is 0. The van der Waals surface area contributed by atoms with E-state index in [-0.39, 0.29) is 0 Å². The summed E-state index contributed by atoms with van der Waals surface area (Å²) in [5, 5.41) is 1.09. The van der Waals surface area contributed by atoms with Crippen molar-refractivity contribution in [1.29, 1.82) is 0 Å². The number of halogens is 1. The van der Waals surface area contributed by atoms with Crippen molar-refractivity contribution in [2.75, 3.05) is 26.2 Å². The number of likely N-dealkylation sites (N-methyl/N-ethyl adjacent to an activating group) is 1. The second kappa shape index (κ2) is 6.87. The van der Waals surface area contributed by atoms with E-state index >= 15 is 0 Å². The fourth-order valence-electron chi connectivity index (χ4n) is 2.05. The highest BCUT2D eigenvalue weighted by molar-refractivity contribution is 9.10. The maximum Gasteiger partial charge on any atom is 0.145 e. The molecule has 0 saturated carbocycles. The lowest BCUT2D eigenvalue weighted by atomic mass is 10.2. The first-order valence-electron chi connectivity index (χ1n) is 6.64. The van der Waals surface area contributed by atoms with Crippen molar-refractivity contribution < 1.29 is 4.74 Å². The van der Waals surface area contributed by atoms with E-state index in [9.17, 15) is 0 Å². The Kier molecular flexibility index (Phi) is 5.16. The summed E-state index contributed by atoms with van der Waals surface area (Å²) in [6.07, 6.45) is 1.80. The predicted molar refractivity (Wildman–Crippen MR) is 82.7 cm³/mol. The predicted octanol–water partition coefficient (Wildman–Crippen LogP) is 3.72. The van der Waals surface area contributed by atoms with Gasteiger partial charge in [-0.05, 0) is 31.3 Å². The molecule has 0 amide bonds. The van der Waals surface area contributed by atoms with Gasteiger partial charge in [0, 0.05) is 22.6 Å². The van der Waals surface area contributed by atoms with Gasteiger partial charge in [0.15, 0.2) is 0 Å². The maximum absolute atomic E-state index is 5.88. The van der Waals surface area contributed by atoms with Crippen molar-refractivity contribution >= 4 is 26.8 Å². The van der Waals surface area contributed by atoms with Crippen molar-refractivity contribution in [3.8, 4) is 5.75 Å². The number of pyridine rings is 1. The monoisotopic (exact) mass is 322 g/mol. The van der Waals surface area contributed by atoms with Crippen LogP contribution in [-0.4, -0.2) is 36.1 Å². The molecule has 0 bridgehead atoms. The summed E-state index contributed by atoms with van der Waals surface area (Å²) in [5.41, 5.74) is 0.913. The normalized spacial score (nSPS) is 11.2. The molecule has 19 heavy (non-hydrogen) atoms. The molecule has 4 heteroatoms. The highest BCUT2D eigenvalue weighted by Crippen LogP contribution is 2.29. The first kappa shape index (κ1) is 14.3. The summed E-state index contributed by atoms with van der Waals surface area (Å²) in [4.78, 5) is 6.75. The zero-order chi connectivity index (χ0) is 13.7. The number of nitrogens with zero attached hydrogens (tertiary/aromatic N) is 2. The largest absolute Gasteiger partial charge is 0.490 e. The third-order valence-corrected chi connectivity index (χ3v) is 3.93. The summed E-state index contributed by atoms with van der Waals surface area (Å²) in [6.45, 7) is 8.07. The number of ether oxygens (including phenoxy) is 1. The average molecular weight is 323 g/mol. The smallest absolute Gasteiger partial charge is 0.145 e. The zero-order valence-electron chi connectivity index (χ0n) is 11.4. The lowest BCUT2D eigenvalue weighted by Crippen LogP contribution is -2.27. The molecule has 1 heterocycles. The average Bonchev–Trinajstić information content (AvgIpc) is 2.46. The van der Waals surface area contributed by atoms with Crippen LogP contribution in [-0.2, 0) is 0 Å². The van der Waals surface area contributed by atoms with Crippen LogP contribution >= 0.6 is 15.9 Å². The van der Waals surface area contributed by atoms with Gasteiger partial charge >= 0.3 is 0 Å². The second-order valence-corrected chi connectivity index (χ2v) is 5.17. The molecule has 0 radical (unpaired) electrons. The molecule has 2 rings (SSSR count). The summed E-state index contributed by atoms with van der Waals surface area (Å²) < 4.78 is 6.93. The van der Waals surface area contributed by atoms with E-state index in [1.54, 1.807) is 6.20 Å². The third kappa shape index (κ3) is 3.45. The van der Waals surface area contributed by atoms with E-state index in [4.69, 9.17) is 4.74 Å². The molecule has 2 aromatic rings. The van der Waals surface area contributed by atoms with E-state index in [0.717, 1.165) is 40.8 Å². The van der Waals surface area contributed by atoms with Crippen LogP contribution in [0, 0.1) is 0 Å². The van der Waals surface area contributed by atoms with Gasteiger partial charge in [0.1, 0.15) is 17.9 Å². The minimum Gasteiger partial charge on any atom is -0.490 e. The Bertz CT molecular complexity index is 541. The Morgan fingerprint density at radius 1 is 1.21 bits per heavy atom. The molecule has 0 atom stereocenters. The maximum atomic E-state index is 5.88. The van der Waals surface area contributed by atoms with Gasteiger partial charge in [-0.1, -0.05) is 35.8 Å². The fraction of sp³-hybridized carbons (Fsp3) is 0.400. The molecular formula is C15H19BrN2O. The van der Waals surface area contributed by atoms with Crippen LogP contribution < -0.4 is 4.74 Å². The molecule has 1 aromatic heterocycles. The highest BCUT2D eigenvalue weighted by atomic mass is 79.9. The molecule has 0 saturated heterocycles. The topological polar surface area (TPSA) is 25.4 Å². The molecule has 102 valence electrons. The van der Waals surface area contributed by atoms with Crippen LogP contribution in [0.25, 0.3) is 10.9 Å². The first-order chi connectivity index (χ1) is 9.26. The Hall–Kier alpha value is -1.13. The Labute approximate surface area is 122 Å². The Morgan fingerprint density at radius 3 is 2.74 bits per heavy atom. The summed E-state index contributed by atoms with van der Waals surface area (Å²) >= 11 is 3.54. The van der Waals surface area contributed by atoms with Gasteiger partial charge < -0.3 is 9.64 Å². The van der Waals surface area contributed by atoms with Crippen molar-refractivity contribution in [2.45, 2.75) is 13.8 Å². The van der Waals surface area contributed by atoms with E-state index < -0.39 is 0 Å². The quantitative estimate of drug-likeness (QED) is 0.810. The van der Waals surface area contributed by atoms with Gasteiger partial charge in [0.2, 0.25) is 0 Å². The van der Waals surface area contributed by atoms with Gasteiger partial charge in [-0.3, -0.25) is 4.98 Å². The van der Waals surface area contributed by atoms with Crippen LogP contribution in [0.1, 0.15) is 13.8 Å². The molecule has 3 nitrogen and oxygen atoms in total. The number of benzene rings is 1. The minimum atomic E-state index is 0.689. The van der Waals surface area contributed by atoms with E-state index in [1.807, 2.05) is 24.3 Å². The van der Waals surface area contributed by atoms with Crippen molar-refractivity contribution in [1.82, 2.24) is 9.88 Å². The van der Waals surface area contributed by atoms with Crippen LogP contribution in [0.5, 0.6) is 5.75 Å². The summed E-state index contributed by atoms with van der Waals surface area (Å²) in [7, 11) is 0. The van der Waals surface area contributed by atoms with Gasteiger partial charge in [0.05, 0.1) is 0 Å². The molecule has 0 unspecified atom stereocenters. The Morgan fingerprint density at radius 2 is 2.00 bits per heavy atom. The number of aromatic nitrogens is 1. The molecule has 0 aliphatic carbocycles. The third-order valence-electron chi connectivity index (χ3n) is 3.24. The minimum absolute atomic E-state index is 0.689. The van der Waals surface area contributed by atoms with Gasteiger partial charge in [-0.15, -0.1) is 0 Å². The van der Waals surface area contributed by atoms with E-state index in [2.05, 4.69) is 39.7 Å². The highest BCUT2D eigenvalue weighted by Gasteiger charge is 2.07. The molecule has 1 aromatic carbocycles. The van der Waals surface area contributed by atoms with Crippen molar-refractivity contribution in [3.05, 3.63) is 34.9 Å². The van der Waals surface area contributed by atoms with Gasteiger partial charge in [-0.25, -0.2) is 0 Å². The van der Waals surface area contributed by atoms with Crippen LogP contribution in [0.4, 0.5) is 0 Å². The van der Waals surface area contributed by atoms with Gasteiger partial charge in [-0.2, -0.15) is 0 Å². The van der Waals surface area contributed by atoms with Crippen LogP contribution in [0.15, 0.2) is 34.9 Å². The number of fused-ring (bicyclic) bond motifs is 1. The molecular weight excluding hydrogens is 304 g/mol. The van der Waals surface area contributed by atoms with E-state index in [0.29, 0.717) is 6.61 Å². The summed E-state index contributed by atoms with van der Waals surface area (Å²) in [5.74, 6) is 0.853. The Balaban J connectivity index is 2.11. The van der Waals surface area contributed by atoms with E-state index in [1.165, 1.54) is 0 Å². The second-order valence-electron chi connectivity index (χ2n) is 4.32. The SMILES string of the molecule is CCN(CC)CCOc1ccc(Br)c2cccnc12. The number of rotatable bonds is 6. The molecule has 0 spiro atoms. The number of hydrogen-bond acceptors (Lipinski definition) is 3. The van der Waals surface area contributed by atoms with Crippen molar-refractivity contribution in [2.24, 2.45) is 0 Å². The summed E-state index contributed by atoms with van der Waals surface area (Å²) in [6, 6.07) is 7.97. The molecule has 0 aliphatic heterocycles. The molecule has 0 fully saturated rings. The lowest BCUT2D eigenvalue weighted by Gasteiger charge is -2.18. The molecule has 0 aliphatic rings. The van der Waals surface area contributed by atoms with Gasteiger partial charge in [0.25, 0.3) is 0 Å². The standard InChI is InChI=1S/C15H19BrN2O/c1-3-18(4-2)10-11-19-14-8-7-13(16)12-6-5-9-17-15(12)14/h5-9H,3-4,10-11H2,1-2H3. The zero-order valence-corrected chi connectivity index (χ0v) is 13.0. The first-order valence-corrected chi connectivity index (χ1v) is 7.44. The van der Waals surface area contributed by atoms with Crippen LogP contribution in [0.3, 0.4) is 0 Å².